The number of nitrogens with zero attached hydrogens (tertiary/aromatic N) is 1. The third-order valence-electron chi connectivity index (χ3n) is 3.51. The van der Waals surface area contributed by atoms with Gasteiger partial charge in [0.25, 0.3) is 0 Å². The molecule has 1 N–H and O–H groups in total. The number of nitrogens with one attached hydrogen (secondary N) is 1. The van der Waals surface area contributed by atoms with Crippen LogP contribution >= 0.6 is 11.3 Å². The molecule has 0 saturated carbocycles. The highest BCUT2D eigenvalue weighted by atomic mass is 32.1. The van der Waals surface area contributed by atoms with Crippen molar-refractivity contribution in [3.63, 3.8) is 0 Å². The molecule has 1 amide bonds. The summed E-state index contributed by atoms with van der Waals surface area (Å²) in [5.74, 6) is 1.60. The average molecular weight is 332 g/mol. The summed E-state index contributed by atoms with van der Waals surface area (Å²) in [5, 5.41) is 4.95. The van der Waals surface area contributed by atoms with Gasteiger partial charge in [0.1, 0.15) is 13.2 Å². The summed E-state index contributed by atoms with van der Waals surface area (Å²) < 4.78 is 11.1. The highest BCUT2D eigenvalue weighted by Gasteiger charge is 2.13. The van der Waals surface area contributed by atoms with Crippen LogP contribution in [0.15, 0.2) is 35.7 Å². The number of amides is 1. The second kappa shape index (κ2) is 7.48. The number of carbonyl (C=O) groups excluding carboxylic acids is 1. The third kappa shape index (κ3) is 4.46. The van der Waals surface area contributed by atoms with Gasteiger partial charge in [-0.05, 0) is 36.2 Å². The fourth-order valence-electron chi connectivity index (χ4n) is 2.45. The molecule has 0 aliphatic carbocycles. The molecule has 0 radical (unpaired) electrons. The maximum absolute atomic E-state index is 12.0. The van der Waals surface area contributed by atoms with E-state index in [-0.39, 0.29) is 5.91 Å². The second-order valence-corrected chi connectivity index (χ2v) is 6.54. The summed E-state index contributed by atoms with van der Waals surface area (Å²) >= 11 is 1.65. The van der Waals surface area contributed by atoms with Crippen molar-refractivity contribution in [3.05, 3.63) is 46.2 Å². The lowest BCUT2D eigenvalue weighted by Crippen LogP contribution is -2.34. The number of thiophene rings is 1. The standard InChI is InChI=1S/C17H20N2O3S/c1-19(12-17(20)18-10-14-3-2-8-23-14)11-13-4-5-15-16(9-13)22-7-6-21-15/h2-5,8-9H,6-7,10-12H2,1H3,(H,18,20). The Balaban J connectivity index is 1.48. The van der Waals surface area contributed by atoms with Crippen LogP contribution < -0.4 is 14.8 Å². The lowest BCUT2D eigenvalue weighted by molar-refractivity contribution is -0.122. The van der Waals surface area contributed by atoms with E-state index in [9.17, 15) is 4.79 Å². The molecule has 0 spiro atoms. The lowest BCUT2D eigenvalue weighted by Gasteiger charge is -2.21. The predicted molar refractivity (Wildman–Crippen MR) is 89.9 cm³/mol. The highest BCUT2D eigenvalue weighted by molar-refractivity contribution is 7.09. The first-order valence-electron chi connectivity index (χ1n) is 7.57. The van der Waals surface area contributed by atoms with Crippen molar-refractivity contribution in [2.24, 2.45) is 0 Å². The molecule has 2 heterocycles. The fraction of sp³-hybridized carbons (Fsp3) is 0.353. The van der Waals surface area contributed by atoms with Crippen LogP contribution in [0.5, 0.6) is 11.5 Å². The molecule has 122 valence electrons. The minimum absolute atomic E-state index is 0.0263. The van der Waals surface area contributed by atoms with Crippen molar-refractivity contribution in [2.75, 3.05) is 26.8 Å². The minimum Gasteiger partial charge on any atom is -0.486 e. The van der Waals surface area contributed by atoms with Gasteiger partial charge in [0.05, 0.1) is 13.1 Å². The molecule has 2 aromatic rings. The number of benzene rings is 1. The van der Waals surface area contributed by atoms with Crippen molar-refractivity contribution >= 4 is 17.2 Å². The van der Waals surface area contributed by atoms with Crippen LogP contribution in [0.4, 0.5) is 0 Å². The molecule has 5 nitrogen and oxygen atoms in total. The predicted octanol–water partition coefficient (Wildman–Crippen LogP) is 2.27. The normalized spacial score (nSPS) is 13.1. The van der Waals surface area contributed by atoms with Crippen molar-refractivity contribution in [1.29, 1.82) is 0 Å². The molecule has 1 aliphatic heterocycles. The summed E-state index contributed by atoms with van der Waals surface area (Å²) in [5.41, 5.74) is 1.10. The van der Waals surface area contributed by atoms with Crippen LogP contribution in [-0.4, -0.2) is 37.6 Å². The lowest BCUT2D eigenvalue weighted by atomic mass is 10.2. The number of ether oxygens (including phenoxy) is 2. The Kier molecular flexibility index (Phi) is 5.15. The molecule has 6 heteroatoms. The van der Waals surface area contributed by atoms with E-state index < -0.39 is 0 Å². The van der Waals surface area contributed by atoms with Crippen molar-refractivity contribution < 1.29 is 14.3 Å². The Hall–Kier alpha value is -2.05. The van der Waals surface area contributed by atoms with Gasteiger partial charge >= 0.3 is 0 Å². The number of rotatable bonds is 6. The van der Waals surface area contributed by atoms with E-state index in [1.807, 2.05) is 47.7 Å². The van der Waals surface area contributed by atoms with Crippen molar-refractivity contribution in [1.82, 2.24) is 10.2 Å². The van der Waals surface area contributed by atoms with Gasteiger partial charge in [0.2, 0.25) is 5.91 Å². The summed E-state index contributed by atoms with van der Waals surface area (Å²) in [6, 6.07) is 9.92. The van der Waals surface area contributed by atoms with Gasteiger partial charge in [-0.2, -0.15) is 0 Å². The topological polar surface area (TPSA) is 50.8 Å². The molecule has 0 atom stereocenters. The zero-order valence-electron chi connectivity index (χ0n) is 13.1. The van der Waals surface area contributed by atoms with Gasteiger partial charge < -0.3 is 14.8 Å². The first-order chi connectivity index (χ1) is 11.2. The molecule has 3 rings (SSSR count). The van der Waals surface area contributed by atoms with Gasteiger partial charge in [0, 0.05) is 11.4 Å². The molecule has 1 aliphatic rings. The quantitative estimate of drug-likeness (QED) is 0.882. The third-order valence-corrected chi connectivity index (χ3v) is 4.39. The van der Waals surface area contributed by atoms with Crippen molar-refractivity contribution in [2.45, 2.75) is 13.1 Å². The van der Waals surface area contributed by atoms with Gasteiger partial charge in [-0.15, -0.1) is 11.3 Å². The molecule has 0 unspecified atom stereocenters. The summed E-state index contributed by atoms with van der Waals surface area (Å²) in [6.07, 6.45) is 0. The number of hydrogen-bond donors (Lipinski definition) is 1. The maximum Gasteiger partial charge on any atom is 0.234 e. The van der Waals surface area contributed by atoms with Crippen LogP contribution in [0.25, 0.3) is 0 Å². The molecule has 23 heavy (non-hydrogen) atoms. The first kappa shape index (κ1) is 15.8. The van der Waals surface area contributed by atoms with E-state index in [0.29, 0.717) is 32.8 Å². The Labute approximate surface area is 139 Å². The van der Waals surface area contributed by atoms with E-state index in [4.69, 9.17) is 9.47 Å². The molecular weight excluding hydrogens is 312 g/mol. The monoisotopic (exact) mass is 332 g/mol. The van der Waals surface area contributed by atoms with E-state index in [2.05, 4.69) is 5.32 Å². The smallest absolute Gasteiger partial charge is 0.234 e. The van der Waals surface area contributed by atoms with Crippen molar-refractivity contribution in [3.8, 4) is 11.5 Å². The molecule has 1 aromatic heterocycles. The average Bonchev–Trinajstić information content (AvgIpc) is 3.06. The molecular formula is C17H20N2O3S. The molecule has 1 aromatic carbocycles. The van der Waals surface area contributed by atoms with Crippen LogP contribution in [0.2, 0.25) is 0 Å². The minimum atomic E-state index is 0.0263. The van der Waals surface area contributed by atoms with E-state index in [0.717, 1.165) is 21.9 Å². The Morgan fingerprint density at radius 2 is 2.09 bits per heavy atom. The number of hydrogen-bond acceptors (Lipinski definition) is 5. The summed E-state index contributed by atoms with van der Waals surface area (Å²) in [4.78, 5) is 15.1. The zero-order chi connectivity index (χ0) is 16.1. The number of carbonyl (C=O) groups is 1. The zero-order valence-corrected chi connectivity index (χ0v) is 13.9. The SMILES string of the molecule is CN(CC(=O)NCc1cccs1)Cc1ccc2c(c1)OCCO2. The summed E-state index contributed by atoms with van der Waals surface area (Å²) in [7, 11) is 1.93. The van der Waals surface area contributed by atoms with Crippen LogP contribution in [0.1, 0.15) is 10.4 Å². The van der Waals surface area contributed by atoms with Crippen LogP contribution in [0.3, 0.4) is 0 Å². The van der Waals surface area contributed by atoms with Crippen LogP contribution in [-0.2, 0) is 17.9 Å². The second-order valence-electron chi connectivity index (χ2n) is 5.51. The highest BCUT2D eigenvalue weighted by Crippen LogP contribution is 2.30. The number of likely N-dealkylation sites (N-methyl/N-ethyl adjacent to an activating group) is 1. The largest absolute Gasteiger partial charge is 0.486 e. The van der Waals surface area contributed by atoms with Gasteiger partial charge in [0.15, 0.2) is 11.5 Å². The van der Waals surface area contributed by atoms with E-state index >= 15 is 0 Å². The van der Waals surface area contributed by atoms with Gasteiger partial charge in [-0.25, -0.2) is 0 Å². The molecule has 0 bridgehead atoms. The molecule has 0 fully saturated rings. The Morgan fingerprint density at radius 3 is 2.87 bits per heavy atom. The van der Waals surface area contributed by atoms with Gasteiger partial charge in [-0.3, -0.25) is 9.69 Å². The van der Waals surface area contributed by atoms with Gasteiger partial charge in [-0.1, -0.05) is 12.1 Å². The van der Waals surface area contributed by atoms with Crippen LogP contribution in [0, 0.1) is 0 Å². The number of fused-ring (bicyclic) bond motifs is 1. The first-order valence-corrected chi connectivity index (χ1v) is 8.45. The Bertz CT molecular complexity index is 658. The van der Waals surface area contributed by atoms with E-state index in [1.165, 1.54) is 0 Å². The fourth-order valence-corrected chi connectivity index (χ4v) is 3.10. The van der Waals surface area contributed by atoms with E-state index in [1.54, 1.807) is 11.3 Å². The summed E-state index contributed by atoms with van der Waals surface area (Å²) in [6.45, 7) is 2.81. The Morgan fingerprint density at radius 1 is 1.26 bits per heavy atom. The maximum atomic E-state index is 12.0. The molecule has 0 saturated heterocycles.